The molecule has 1 aromatic carbocycles. The Hall–Kier alpha value is -0.290. The Labute approximate surface area is 122 Å². The molecule has 0 heterocycles. The molecule has 0 saturated heterocycles. The lowest BCUT2D eigenvalue weighted by atomic mass is 10.3. The van der Waals surface area contributed by atoms with E-state index in [1.807, 2.05) is 31.3 Å². The topological polar surface area (TPSA) is 21.7 Å². The minimum Gasteiger partial charge on any atom is -0.492 e. The molecule has 5 heteroatoms. The van der Waals surface area contributed by atoms with E-state index in [9.17, 15) is 0 Å². The van der Waals surface area contributed by atoms with Crippen LogP contribution in [0.4, 0.5) is 0 Å². The molecule has 0 amide bonds. The van der Waals surface area contributed by atoms with Gasteiger partial charge in [-0.05, 0) is 25.2 Å². The van der Waals surface area contributed by atoms with Crippen molar-refractivity contribution in [3.8, 4) is 5.75 Å². The summed E-state index contributed by atoms with van der Waals surface area (Å²) in [5, 5.41) is 0.0193. The Morgan fingerprint density at radius 2 is 2.22 bits per heavy atom. The Balaban J connectivity index is 2.21. The molecule has 1 unspecified atom stereocenters. The SMILES string of the molecule is COCC(Cl)CN(C)CCOc1cccc(Br)c1. The maximum atomic E-state index is 6.08. The van der Waals surface area contributed by atoms with E-state index in [0.29, 0.717) is 13.2 Å². The molecule has 0 spiro atoms. The average molecular weight is 337 g/mol. The maximum absolute atomic E-state index is 6.08. The molecule has 0 radical (unpaired) electrons. The Morgan fingerprint density at radius 1 is 1.44 bits per heavy atom. The molecule has 0 fully saturated rings. The minimum absolute atomic E-state index is 0.0193. The maximum Gasteiger partial charge on any atom is 0.120 e. The monoisotopic (exact) mass is 335 g/mol. The molecule has 1 rings (SSSR count). The van der Waals surface area contributed by atoms with Crippen molar-refractivity contribution in [1.29, 1.82) is 0 Å². The number of nitrogens with zero attached hydrogens (tertiary/aromatic N) is 1. The van der Waals surface area contributed by atoms with Gasteiger partial charge < -0.3 is 14.4 Å². The van der Waals surface area contributed by atoms with Crippen LogP contribution >= 0.6 is 27.5 Å². The Morgan fingerprint density at radius 3 is 2.89 bits per heavy atom. The van der Waals surface area contributed by atoms with Gasteiger partial charge in [-0.1, -0.05) is 22.0 Å². The zero-order valence-corrected chi connectivity index (χ0v) is 13.1. The molecule has 3 nitrogen and oxygen atoms in total. The van der Waals surface area contributed by atoms with Crippen molar-refractivity contribution in [2.24, 2.45) is 0 Å². The summed E-state index contributed by atoms with van der Waals surface area (Å²) < 4.78 is 11.7. The number of benzene rings is 1. The second-order valence-electron chi connectivity index (χ2n) is 4.12. The van der Waals surface area contributed by atoms with E-state index < -0.39 is 0 Å². The second kappa shape index (κ2) is 8.75. The molecule has 1 aromatic rings. The molecule has 0 aliphatic rings. The highest BCUT2D eigenvalue weighted by molar-refractivity contribution is 9.10. The van der Waals surface area contributed by atoms with Crippen LogP contribution in [-0.2, 0) is 4.74 Å². The fourth-order valence-electron chi connectivity index (χ4n) is 1.54. The van der Waals surface area contributed by atoms with Gasteiger partial charge in [0.15, 0.2) is 0 Å². The summed E-state index contributed by atoms with van der Waals surface area (Å²) in [6, 6.07) is 7.83. The van der Waals surface area contributed by atoms with Crippen molar-refractivity contribution in [3.63, 3.8) is 0 Å². The number of alkyl halides is 1. The van der Waals surface area contributed by atoms with Gasteiger partial charge in [-0.3, -0.25) is 0 Å². The van der Waals surface area contributed by atoms with Crippen LogP contribution in [0, 0.1) is 0 Å². The van der Waals surface area contributed by atoms with Crippen LogP contribution in [0.2, 0.25) is 0 Å². The van der Waals surface area contributed by atoms with Crippen LogP contribution in [0.15, 0.2) is 28.7 Å². The first-order valence-corrected chi connectivity index (χ1v) is 7.04. The van der Waals surface area contributed by atoms with Gasteiger partial charge in [-0.15, -0.1) is 11.6 Å². The number of hydrogen-bond donors (Lipinski definition) is 0. The highest BCUT2D eigenvalue weighted by Gasteiger charge is 2.08. The largest absolute Gasteiger partial charge is 0.492 e. The number of methoxy groups -OCH3 is 1. The lowest BCUT2D eigenvalue weighted by molar-refractivity contribution is 0.175. The van der Waals surface area contributed by atoms with Crippen LogP contribution in [0.5, 0.6) is 5.75 Å². The first-order chi connectivity index (χ1) is 8.61. The Kier molecular flexibility index (Phi) is 7.66. The molecule has 0 bridgehead atoms. The first-order valence-electron chi connectivity index (χ1n) is 5.81. The number of likely N-dealkylation sites (N-methyl/N-ethyl adjacent to an activating group) is 1. The second-order valence-corrected chi connectivity index (χ2v) is 5.65. The third kappa shape index (κ3) is 6.59. The molecule has 0 aromatic heterocycles. The van der Waals surface area contributed by atoms with Crippen molar-refractivity contribution in [2.45, 2.75) is 5.38 Å². The normalized spacial score (nSPS) is 12.7. The number of ether oxygens (including phenoxy) is 2. The standard InChI is InChI=1S/C13H19BrClNO2/c1-16(9-12(15)10-17-2)6-7-18-13-5-3-4-11(14)8-13/h3-5,8,12H,6-7,9-10H2,1-2H3. The lowest BCUT2D eigenvalue weighted by Gasteiger charge is -2.19. The first kappa shape index (κ1) is 15.8. The van der Waals surface area contributed by atoms with Crippen molar-refractivity contribution in [2.75, 3.05) is 40.5 Å². The smallest absolute Gasteiger partial charge is 0.120 e. The average Bonchev–Trinajstić information content (AvgIpc) is 2.29. The van der Waals surface area contributed by atoms with Gasteiger partial charge in [-0.25, -0.2) is 0 Å². The molecule has 1 atom stereocenters. The van der Waals surface area contributed by atoms with Gasteiger partial charge in [0, 0.05) is 24.7 Å². The molecule has 102 valence electrons. The quantitative estimate of drug-likeness (QED) is 0.681. The Bertz CT molecular complexity index is 352. The summed E-state index contributed by atoms with van der Waals surface area (Å²) in [5.41, 5.74) is 0. The van der Waals surface area contributed by atoms with Crippen molar-refractivity contribution in [1.82, 2.24) is 4.90 Å². The van der Waals surface area contributed by atoms with Crippen LogP contribution in [0.3, 0.4) is 0 Å². The third-order valence-electron chi connectivity index (χ3n) is 2.40. The highest BCUT2D eigenvalue weighted by atomic mass is 79.9. The van der Waals surface area contributed by atoms with Crippen LogP contribution < -0.4 is 4.74 Å². The van der Waals surface area contributed by atoms with Gasteiger partial charge >= 0.3 is 0 Å². The molecule has 18 heavy (non-hydrogen) atoms. The van der Waals surface area contributed by atoms with Crippen LogP contribution in [-0.4, -0.2) is 50.7 Å². The summed E-state index contributed by atoms with van der Waals surface area (Å²) in [7, 11) is 3.68. The third-order valence-corrected chi connectivity index (χ3v) is 3.15. The predicted molar refractivity (Wildman–Crippen MR) is 78.7 cm³/mol. The van der Waals surface area contributed by atoms with Gasteiger partial charge in [0.25, 0.3) is 0 Å². The summed E-state index contributed by atoms with van der Waals surface area (Å²) in [5.74, 6) is 0.872. The van der Waals surface area contributed by atoms with Crippen molar-refractivity contribution in [3.05, 3.63) is 28.7 Å². The van der Waals surface area contributed by atoms with Crippen molar-refractivity contribution < 1.29 is 9.47 Å². The number of halogens is 2. The number of hydrogen-bond acceptors (Lipinski definition) is 3. The van der Waals surface area contributed by atoms with E-state index in [1.165, 1.54) is 0 Å². The van der Waals surface area contributed by atoms with Crippen LogP contribution in [0.1, 0.15) is 0 Å². The molecular formula is C13H19BrClNO2. The summed E-state index contributed by atoms with van der Waals surface area (Å²) in [6.07, 6.45) is 0. The molecule has 0 N–H and O–H groups in total. The van der Waals surface area contributed by atoms with E-state index in [0.717, 1.165) is 23.3 Å². The predicted octanol–water partition coefficient (Wildman–Crippen LogP) is 3.01. The van der Waals surface area contributed by atoms with Gasteiger partial charge in [0.05, 0.1) is 12.0 Å². The number of rotatable bonds is 8. The fraction of sp³-hybridized carbons (Fsp3) is 0.538. The van der Waals surface area contributed by atoms with E-state index in [2.05, 4.69) is 20.8 Å². The van der Waals surface area contributed by atoms with Crippen molar-refractivity contribution >= 4 is 27.5 Å². The van der Waals surface area contributed by atoms with Crippen LogP contribution in [0.25, 0.3) is 0 Å². The van der Waals surface area contributed by atoms with Gasteiger partial charge in [-0.2, -0.15) is 0 Å². The summed E-state index contributed by atoms with van der Waals surface area (Å²) >= 11 is 9.49. The lowest BCUT2D eigenvalue weighted by Crippen LogP contribution is -2.31. The van der Waals surface area contributed by atoms with E-state index in [4.69, 9.17) is 21.1 Å². The summed E-state index contributed by atoms with van der Waals surface area (Å²) in [4.78, 5) is 2.13. The van der Waals surface area contributed by atoms with Gasteiger partial charge in [0.1, 0.15) is 12.4 Å². The van der Waals surface area contributed by atoms with E-state index >= 15 is 0 Å². The minimum atomic E-state index is 0.0193. The molecule has 0 aliphatic heterocycles. The van der Waals surface area contributed by atoms with E-state index in [1.54, 1.807) is 7.11 Å². The molecule has 0 aliphatic carbocycles. The van der Waals surface area contributed by atoms with Gasteiger partial charge in [0.2, 0.25) is 0 Å². The fourth-order valence-corrected chi connectivity index (χ4v) is 2.28. The van der Waals surface area contributed by atoms with E-state index in [-0.39, 0.29) is 5.38 Å². The highest BCUT2D eigenvalue weighted by Crippen LogP contribution is 2.17. The molecular weight excluding hydrogens is 318 g/mol. The molecule has 0 saturated carbocycles. The zero-order valence-electron chi connectivity index (χ0n) is 10.7. The summed E-state index contributed by atoms with van der Waals surface area (Å²) in [6.45, 7) is 2.83. The zero-order chi connectivity index (χ0) is 13.4.